The molecule has 2 aromatic rings. The Hall–Kier alpha value is -2.14. The summed E-state index contributed by atoms with van der Waals surface area (Å²) in [6.07, 6.45) is 23.6. The van der Waals surface area contributed by atoms with Gasteiger partial charge in [-0.15, -0.1) is 0 Å². The van der Waals surface area contributed by atoms with Gasteiger partial charge in [0.15, 0.2) is 5.11 Å². The highest BCUT2D eigenvalue weighted by Gasteiger charge is 2.04. The highest BCUT2D eigenvalue weighted by atomic mass is 32.1. The van der Waals surface area contributed by atoms with Crippen molar-refractivity contribution in [2.75, 3.05) is 6.54 Å². The zero-order valence-electron chi connectivity index (χ0n) is 21.9. The van der Waals surface area contributed by atoms with Crippen molar-refractivity contribution >= 4 is 34.3 Å². The van der Waals surface area contributed by atoms with Crippen LogP contribution in [0, 0.1) is 0 Å². The predicted octanol–water partition coefficient (Wildman–Crippen LogP) is 8.60. The van der Waals surface area contributed by atoms with Gasteiger partial charge >= 0.3 is 0 Å². The number of phenolic OH excluding ortho intramolecular Hbond substituents is 1. The molecule has 2 rings (SSSR count). The molecule has 4 nitrogen and oxygen atoms in total. The van der Waals surface area contributed by atoms with Crippen molar-refractivity contribution in [2.24, 2.45) is 5.10 Å². The van der Waals surface area contributed by atoms with Crippen molar-refractivity contribution in [3.63, 3.8) is 0 Å². The predicted molar refractivity (Wildman–Crippen MR) is 156 cm³/mol. The molecule has 0 spiro atoms. The van der Waals surface area contributed by atoms with Crippen LogP contribution in [0.5, 0.6) is 5.75 Å². The quantitative estimate of drug-likeness (QED) is 0.0787. The first-order valence-corrected chi connectivity index (χ1v) is 14.4. The number of thiocarbonyl (C=S) groups is 1. The second kappa shape index (κ2) is 19.1. The van der Waals surface area contributed by atoms with Crippen LogP contribution in [0.4, 0.5) is 0 Å². The molecular weight excluding hydrogens is 450 g/mol. The van der Waals surface area contributed by atoms with E-state index >= 15 is 0 Å². The van der Waals surface area contributed by atoms with Gasteiger partial charge in [-0.25, -0.2) is 0 Å². The molecule has 5 heteroatoms. The van der Waals surface area contributed by atoms with Gasteiger partial charge in [0.25, 0.3) is 0 Å². The second-order valence-electron chi connectivity index (χ2n) is 9.65. The van der Waals surface area contributed by atoms with E-state index in [0.717, 1.165) is 23.7 Å². The Kier molecular flexibility index (Phi) is 15.9. The lowest BCUT2D eigenvalue weighted by molar-refractivity contribution is 0.475. The normalized spacial score (nSPS) is 11.3. The SMILES string of the molecule is CCCCCCCCCCCCCCCCCCNC(=S)N/N=C\c1c(O)ccc2ccccc12. The molecule has 0 amide bonds. The number of unbranched alkanes of at least 4 members (excludes halogenated alkanes) is 15. The second-order valence-corrected chi connectivity index (χ2v) is 10.1. The summed E-state index contributed by atoms with van der Waals surface area (Å²) in [4.78, 5) is 0. The van der Waals surface area contributed by atoms with Crippen molar-refractivity contribution in [2.45, 2.75) is 110 Å². The minimum atomic E-state index is 0.210. The summed E-state index contributed by atoms with van der Waals surface area (Å²) in [5.74, 6) is 0.210. The fourth-order valence-electron chi connectivity index (χ4n) is 4.49. The van der Waals surface area contributed by atoms with E-state index in [4.69, 9.17) is 12.2 Å². The third-order valence-electron chi connectivity index (χ3n) is 6.62. The average Bonchev–Trinajstić information content (AvgIpc) is 2.87. The number of benzene rings is 2. The number of phenols is 1. The van der Waals surface area contributed by atoms with E-state index in [0.29, 0.717) is 10.7 Å². The zero-order chi connectivity index (χ0) is 25.0. The van der Waals surface area contributed by atoms with E-state index in [2.05, 4.69) is 22.8 Å². The van der Waals surface area contributed by atoms with E-state index in [-0.39, 0.29) is 5.75 Å². The van der Waals surface area contributed by atoms with Crippen LogP contribution in [0.15, 0.2) is 41.5 Å². The topological polar surface area (TPSA) is 56.7 Å². The van der Waals surface area contributed by atoms with Crippen molar-refractivity contribution in [1.29, 1.82) is 0 Å². The minimum absolute atomic E-state index is 0.210. The number of nitrogens with zero attached hydrogens (tertiary/aromatic N) is 1. The van der Waals surface area contributed by atoms with Crippen molar-refractivity contribution < 1.29 is 5.11 Å². The van der Waals surface area contributed by atoms with E-state index in [1.807, 2.05) is 30.3 Å². The summed E-state index contributed by atoms with van der Waals surface area (Å²) in [6, 6.07) is 11.5. The first-order chi connectivity index (χ1) is 17.2. The monoisotopic (exact) mass is 497 g/mol. The summed E-state index contributed by atoms with van der Waals surface area (Å²) >= 11 is 5.31. The summed E-state index contributed by atoms with van der Waals surface area (Å²) in [5, 5.41) is 20.1. The van der Waals surface area contributed by atoms with Gasteiger partial charge in [-0.3, -0.25) is 5.43 Å². The number of hydrogen-bond donors (Lipinski definition) is 3. The molecule has 0 atom stereocenters. The van der Waals surface area contributed by atoms with Gasteiger partial charge in [-0.05, 0) is 35.5 Å². The van der Waals surface area contributed by atoms with E-state index in [1.165, 1.54) is 96.3 Å². The fourth-order valence-corrected chi connectivity index (χ4v) is 4.64. The molecule has 0 radical (unpaired) electrons. The van der Waals surface area contributed by atoms with Gasteiger partial charge in [0.1, 0.15) is 5.75 Å². The number of aromatic hydroxyl groups is 1. The summed E-state index contributed by atoms with van der Waals surface area (Å²) in [5.41, 5.74) is 3.55. The average molecular weight is 498 g/mol. The molecule has 0 aliphatic heterocycles. The van der Waals surface area contributed by atoms with Crippen molar-refractivity contribution in [3.05, 3.63) is 42.0 Å². The Morgan fingerprint density at radius 1 is 0.771 bits per heavy atom. The molecule has 0 unspecified atom stereocenters. The minimum Gasteiger partial charge on any atom is -0.507 e. The molecule has 0 saturated carbocycles. The molecular formula is C30H47N3OS. The zero-order valence-corrected chi connectivity index (χ0v) is 22.7. The Morgan fingerprint density at radius 3 is 1.91 bits per heavy atom. The van der Waals surface area contributed by atoms with E-state index in [1.54, 1.807) is 12.3 Å². The lowest BCUT2D eigenvalue weighted by Gasteiger charge is -2.08. The lowest BCUT2D eigenvalue weighted by Crippen LogP contribution is -2.32. The Bertz CT molecular complexity index is 868. The maximum Gasteiger partial charge on any atom is 0.186 e. The number of nitrogens with one attached hydrogen (secondary N) is 2. The number of rotatable bonds is 19. The van der Waals surface area contributed by atoms with Gasteiger partial charge in [0, 0.05) is 12.1 Å². The standard InChI is InChI=1S/C30H47N3OS/c1-2-3-4-5-6-7-8-9-10-11-12-13-14-15-16-19-24-31-30(35)33-32-25-28-27-21-18-17-20-26(27)22-23-29(28)34/h17-18,20-23,25,34H,2-16,19,24H2,1H3,(H2,31,33,35)/b32-25-. The van der Waals surface area contributed by atoms with Crippen LogP contribution in [0.1, 0.15) is 115 Å². The smallest absolute Gasteiger partial charge is 0.186 e. The van der Waals surface area contributed by atoms with Crippen LogP contribution >= 0.6 is 12.2 Å². The molecule has 0 saturated heterocycles. The number of hydrogen-bond acceptors (Lipinski definition) is 3. The molecule has 194 valence electrons. The van der Waals surface area contributed by atoms with Crippen LogP contribution in [0.2, 0.25) is 0 Å². The molecule has 0 fully saturated rings. The van der Waals surface area contributed by atoms with Crippen LogP contribution in [-0.2, 0) is 0 Å². The molecule has 0 heterocycles. The van der Waals surface area contributed by atoms with Crippen LogP contribution in [0.25, 0.3) is 10.8 Å². The molecule has 3 N–H and O–H groups in total. The molecule has 0 aromatic heterocycles. The Morgan fingerprint density at radius 2 is 1.31 bits per heavy atom. The highest BCUT2D eigenvalue weighted by molar-refractivity contribution is 7.80. The first kappa shape index (κ1) is 29.1. The van der Waals surface area contributed by atoms with Gasteiger partial charge in [0.05, 0.1) is 6.21 Å². The third-order valence-corrected chi connectivity index (χ3v) is 6.86. The molecule has 0 aliphatic carbocycles. The molecule has 0 bridgehead atoms. The number of fused-ring (bicyclic) bond motifs is 1. The van der Waals surface area contributed by atoms with E-state index < -0.39 is 0 Å². The molecule has 0 aliphatic rings. The Balaban J connectivity index is 1.41. The lowest BCUT2D eigenvalue weighted by atomic mass is 10.0. The van der Waals surface area contributed by atoms with Crippen LogP contribution < -0.4 is 10.7 Å². The van der Waals surface area contributed by atoms with Gasteiger partial charge in [-0.1, -0.05) is 134 Å². The third kappa shape index (κ3) is 12.9. The molecule has 2 aromatic carbocycles. The van der Waals surface area contributed by atoms with Crippen LogP contribution in [-0.4, -0.2) is 23.0 Å². The largest absolute Gasteiger partial charge is 0.507 e. The highest BCUT2D eigenvalue weighted by Crippen LogP contribution is 2.25. The maximum atomic E-state index is 10.2. The van der Waals surface area contributed by atoms with Gasteiger partial charge < -0.3 is 10.4 Å². The van der Waals surface area contributed by atoms with E-state index in [9.17, 15) is 5.11 Å². The first-order valence-electron chi connectivity index (χ1n) is 14.0. The molecule has 35 heavy (non-hydrogen) atoms. The van der Waals surface area contributed by atoms with Crippen molar-refractivity contribution in [3.8, 4) is 5.75 Å². The number of hydrazone groups is 1. The van der Waals surface area contributed by atoms with Crippen LogP contribution in [0.3, 0.4) is 0 Å². The summed E-state index contributed by atoms with van der Waals surface area (Å²) < 4.78 is 0. The Labute approximate surface area is 219 Å². The summed E-state index contributed by atoms with van der Waals surface area (Å²) in [7, 11) is 0. The maximum absolute atomic E-state index is 10.2. The van der Waals surface area contributed by atoms with Crippen molar-refractivity contribution in [1.82, 2.24) is 10.7 Å². The van der Waals surface area contributed by atoms with Gasteiger partial charge in [-0.2, -0.15) is 5.10 Å². The summed E-state index contributed by atoms with van der Waals surface area (Å²) in [6.45, 7) is 3.14. The fraction of sp³-hybridized carbons (Fsp3) is 0.600. The van der Waals surface area contributed by atoms with Gasteiger partial charge in [0.2, 0.25) is 0 Å².